The molecule has 4 nitrogen and oxygen atoms in total. The summed E-state index contributed by atoms with van der Waals surface area (Å²) >= 11 is 0. The molecule has 0 fully saturated rings. The van der Waals surface area contributed by atoms with Gasteiger partial charge in [-0.2, -0.15) is 0 Å². The second-order valence-electron chi connectivity index (χ2n) is 10.8. The molecule has 4 heteroatoms. The highest BCUT2D eigenvalue weighted by atomic mass is 16.3. The van der Waals surface area contributed by atoms with Gasteiger partial charge in [-0.25, -0.2) is 0 Å². The van der Waals surface area contributed by atoms with Crippen molar-refractivity contribution in [3.05, 3.63) is 133 Å². The van der Waals surface area contributed by atoms with Crippen LogP contribution in [0.4, 0.5) is 22.7 Å². The van der Waals surface area contributed by atoms with E-state index in [-0.39, 0.29) is 0 Å². The lowest BCUT2D eigenvalue weighted by Gasteiger charge is -2.25. The number of anilines is 4. The fourth-order valence-electron chi connectivity index (χ4n) is 6.42. The molecule has 2 N–H and O–H groups in total. The summed E-state index contributed by atoms with van der Waals surface area (Å²) in [7, 11) is 0. The van der Waals surface area contributed by atoms with Crippen LogP contribution < -0.4 is 10.6 Å². The Morgan fingerprint density at radius 2 is 0.881 bits per heavy atom. The molecule has 0 unspecified atom stereocenters. The minimum Gasteiger partial charge on any atom is -0.456 e. The minimum atomic E-state index is 0.720. The summed E-state index contributed by atoms with van der Waals surface area (Å²) in [6.07, 6.45) is 0. The van der Waals surface area contributed by atoms with Gasteiger partial charge in [0.15, 0.2) is 0 Å². The molecule has 0 saturated carbocycles. The number of rotatable bonds is 3. The Bertz CT molecular complexity index is 2330. The summed E-state index contributed by atoms with van der Waals surface area (Å²) in [6.45, 7) is 0. The Hall–Kier alpha value is -5.74. The van der Waals surface area contributed by atoms with Gasteiger partial charge in [-0.1, -0.05) is 60.7 Å². The van der Waals surface area contributed by atoms with Crippen molar-refractivity contribution in [1.29, 1.82) is 0 Å². The monoisotopic (exact) mass is 540 g/mol. The van der Waals surface area contributed by atoms with Crippen molar-refractivity contribution < 1.29 is 8.83 Å². The standard InChI is InChI=1S/C38H24N2O2/c39-25-11-13-26(14-12-25)40(27-15-17-31-35(21-27)41-33-19-9-23-5-1-3-7-29(23)37(31)33)28-16-18-32-36(22-28)42-34-20-10-24-6-2-4-8-30(24)38(32)34/h1-22H,39H2. The Morgan fingerprint density at radius 1 is 0.405 bits per heavy atom. The molecule has 0 atom stereocenters. The van der Waals surface area contributed by atoms with Crippen molar-refractivity contribution in [3.63, 3.8) is 0 Å². The van der Waals surface area contributed by atoms with Crippen LogP contribution in [0.5, 0.6) is 0 Å². The van der Waals surface area contributed by atoms with E-state index in [0.29, 0.717) is 0 Å². The van der Waals surface area contributed by atoms with Gasteiger partial charge in [0.1, 0.15) is 22.3 Å². The van der Waals surface area contributed by atoms with E-state index in [1.165, 1.54) is 21.5 Å². The maximum Gasteiger partial charge on any atom is 0.137 e. The molecule has 0 bridgehead atoms. The molecule has 2 aromatic heterocycles. The highest BCUT2D eigenvalue weighted by molar-refractivity contribution is 6.20. The van der Waals surface area contributed by atoms with Crippen molar-refractivity contribution in [3.8, 4) is 0 Å². The first-order valence-corrected chi connectivity index (χ1v) is 14.0. The smallest absolute Gasteiger partial charge is 0.137 e. The van der Waals surface area contributed by atoms with Crippen molar-refractivity contribution in [1.82, 2.24) is 0 Å². The Kier molecular flexibility index (Phi) is 4.73. The number of fused-ring (bicyclic) bond motifs is 10. The first kappa shape index (κ1) is 23.0. The summed E-state index contributed by atoms with van der Waals surface area (Å²) in [6, 6.07) is 46.1. The van der Waals surface area contributed by atoms with Gasteiger partial charge >= 0.3 is 0 Å². The summed E-state index contributed by atoms with van der Waals surface area (Å²) in [5.74, 6) is 0. The fourth-order valence-corrected chi connectivity index (χ4v) is 6.42. The van der Waals surface area contributed by atoms with Gasteiger partial charge in [0, 0.05) is 56.4 Å². The molecular formula is C38H24N2O2. The van der Waals surface area contributed by atoms with Gasteiger partial charge in [0.25, 0.3) is 0 Å². The van der Waals surface area contributed by atoms with Crippen molar-refractivity contribution in [2.45, 2.75) is 0 Å². The van der Waals surface area contributed by atoms with Crippen LogP contribution in [0.25, 0.3) is 65.4 Å². The van der Waals surface area contributed by atoms with E-state index >= 15 is 0 Å². The van der Waals surface area contributed by atoms with E-state index in [0.717, 1.165) is 66.6 Å². The van der Waals surface area contributed by atoms with Crippen molar-refractivity contribution in [2.24, 2.45) is 0 Å². The van der Waals surface area contributed by atoms with Crippen LogP contribution in [0.2, 0.25) is 0 Å². The average molecular weight is 541 g/mol. The lowest BCUT2D eigenvalue weighted by atomic mass is 10.0. The molecule has 2 heterocycles. The molecule has 9 aromatic rings. The average Bonchev–Trinajstić information content (AvgIpc) is 3.60. The zero-order valence-corrected chi connectivity index (χ0v) is 22.5. The molecule has 198 valence electrons. The molecule has 0 aliphatic carbocycles. The van der Waals surface area contributed by atoms with Crippen LogP contribution in [0.15, 0.2) is 142 Å². The van der Waals surface area contributed by atoms with Gasteiger partial charge in [-0.15, -0.1) is 0 Å². The van der Waals surface area contributed by atoms with E-state index in [9.17, 15) is 0 Å². The number of nitrogens with zero attached hydrogens (tertiary/aromatic N) is 1. The van der Waals surface area contributed by atoms with Crippen molar-refractivity contribution in [2.75, 3.05) is 10.6 Å². The molecule has 0 aliphatic rings. The minimum absolute atomic E-state index is 0.720. The molecule has 9 rings (SSSR count). The number of furan rings is 2. The van der Waals surface area contributed by atoms with Gasteiger partial charge in [0.2, 0.25) is 0 Å². The molecular weight excluding hydrogens is 516 g/mol. The van der Waals surface area contributed by atoms with E-state index in [4.69, 9.17) is 14.6 Å². The second kappa shape index (κ2) is 8.63. The molecule has 0 amide bonds. The predicted molar refractivity (Wildman–Crippen MR) is 175 cm³/mol. The second-order valence-corrected chi connectivity index (χ2v) is 10.8. The Labute approximate surface area is 240 Å². The Balaban J connectivity index is 1.26. The zero-order valence-electron chi connectivity index (χ0n) is 22.5. The van der Waals surface area contributed by atoms with E-state index in [2.05, 4.69) is 114 Å². The fraction of sp³-hybridized carbons (Fsp3) is 0. The van der Waals surface area contributed by atoms with Crippen LogP contribution in [0, 0.1) is 0 Å². The lowest BCUT2D eigenvalue weighted by molar-refractivity contribution is 0.669. The highest BCUT2D eigenvalue weighted by Crippen LogP contribution is 2.42. The maximum absolute atomic E-state index is 6.43. The highest BCUT2D eigenvalue weighted by Gasteiger charge is 2.19. The third-order valence-corrected chi connectivity index (χ3v) is 8.36. The maximum atomic E-state index is 6.43. The molecule has 0 aliphatic heterocycles. The third kappa shape index (κ3) is 3.36. The third-order valence-electron chi connectivity index (χ3n) is 8.36. The lowest BCUT2D eigenvalue weighted by Crippen LogP contribution is -2.09. The van der Waals surface area contributed by atoms with E-state index < -0.39 is 0 Å². The number of nitrogens with two attached hydrogens (primary N) is 1. The van der Waals surface area contributed by atoms with Gasteiger partial charge in [0.05, 0.1) is 0 Å². The normalized spacial score (nSPS) is 11.9. The number of hydrogen-bond donors (Lipinski definition) is 1. The number of benzene rings is 7. The van der Waals surface area contributed by atoms with Crippen molar-refractivity contribution >= 4 is 88.2 Å². The molecule has 0 radical (unpaired) electrons. The molecule has 42 heavy (non-hydrogen) atoms. The van der Waals surface area contributed by atoms with Crippen LogP contribution in [-0.4, -0.2) is 0 Å². The summed E-state index contributed by atoms with van der Waals surface area (Å²) in [4.78, 5) is 2.22. The number of nitrogen functional groups attached to an aromatic ring is 1. The quantitative estimate of drug-likeness (QED) is 0.226. The SMILES string of the molecule is Nc1ccc(N(c2ccc3c(c2)oc2ccc4ccccc4c23)c2ccc3c(c2)oc2ccc4ccccc4c23)cc1. The number of hydrogen-bond acceptors (Lipinski definition) is 4. The van der Waals surface area contributed by atoms with E-state index in [1.807, 2.05) is 24.3 Å². The summed E-state index contributed by atoms with van der Waals surface area (Å²) in [5, 5.41) is 9.28. The predicted octanol–water partition coefficient (Wildman–Crippen LogP) is 10.8. The topological polar surface area (TPSA) is 55.5 Å². The van der Waals surface area contributed by atoms with Crippen LogP contribution in [0.3, 0.4) is 0 Å². The van der Waals surface area contributed by atoms with Gasteiger partial charge in [-0.05, 0) is 82.2 Å². The Morgan fingerprint density at radius 3 is 1.40 bits per heavy atom. The molecule has 0 saturated heterocycles. The first-order valence-electron chi connectivity index (χ1n) is 14.0. The summed E-state index contributed by atoms with van der Waals surface area (Å²) in [5.41, 5.74) is 13.2. The first-order chi connectivity index (χ1) is 20.7. The molecule has 0 spiro atoms. The van der Waals surface area contributed by atoms with E-state index in [1.54, 1.807) is 0 Å². The largest absolute Gasteiger partial charge is 0.456 e. The van der Waals surface area contributed by atoms with Crippen LogP contribution in [-0.2, 0) is 0 Å². The zero-order chi connectivity index (χ0) is 27.8. The van der Waals surface area contributed by atoms with Gasteiger partial charge < -0.3 is 19.5 Å². The van der Waals surface area contributed by atoms with Crippen LogP contribution in [0.1, 0.15) is 0 Å². The van der Waals surface area contributed by atoms with Crippen LogP contribution >= 0.6 is 0 Å². The summed E-state index contributed by atoms with van der Waals surface area (Å²) < 4.78 is 12.9. The van der Waals surface area contributed by atoms with Gasteiger partial charge in [-0.3, -0.25) is 0 Å². The molecule has 7 aromatic carbocycles.